The summed E-state index contributed by atoms with van der Waals surface area (Å²) in [6, 6.07) is 8.91. The summed E-state index contributed by atoms with van der Waals surface area (Å²) >= 11 is 5.67. The largest absolute Gasteiger partial charge is 0.478 e. The van der Waals surface area contributed by atoms with Crippen LogP contribution in [-0.2, 0) is 0 Å². The molecule has 0 saturated carbocycles. The zero-order valence-corrected chi connectivity index (χ0v) is 10.8. The second-order valence-corrected chi connectivity index (χ2v) is 4.52. The van der Waals surface area contributed by atoms with Crippen LogP contribution in [0.15, 0.2) is 36.4 Å². The van der Waals surface area contributed by atoms with Gasteiger partial charge in [0.1, 0.15) is 5.82 Å². The first kappa shape index (κ1) is 13.4. The van der Waals surface area contributed by atoms with Crippen molar-refractivity contribution < 1.29 is 14.3 Å². The molecule has 2 aromatic rings. The number of hydrogen-bond donors (Lipinski definition) is 2. The Morgan fingerprint density at radius 2 is 1.89 bits per heavy atom. The lowest BCUT2D eigenvalue weighted by Gasteiger charge is -2.11. The van der Waals surface area contributed by atoms with Gasteiger partial charge in [-0.15, -0.1) is 0 Å². The fourth-order valence-electron chi connectivity index (χ4n) is 1.67. The van der Waals surface area contributed by atoms with Crippen molar-refractivity contribution in [1.82, 2.24) is 0 Å². The van der Waals surface area contributed by atoms with Crippen LogP contribution in [0.4, 0.5) is 15.8 Å². The molecule has 2 rings (SSSR count). The highest BCUT2D eigenvalue weighted by Crippen LogP contribution is 2.25. The molecule has 0 spiro atoms. The van der Waals surface area contributed by atoms with Crippen LogP contribution in [0, 0.1) is 12.7 Å². The van der Waals surface area contributed by atoms with E-state index in [1.165, 1.54) is 24.3 Å². The fourth-order valence-corrected chi connectivity index (χ4v) is 1.83. The van der Waals surface area contributed by atoms with Gasteiger partial charge in [0, 0.05) is 10.7 Å². The van der Waals surface area contributed by atoms with Crippen LogP contribution in [0.2, 0.25) is 5.02 Å². The average molecular weight is 280 g/mol. The predicted octanol–water partition coefficient (Wildman–Crippen LogP) is 4.23. The Bertz CT molecular complexity index is 643. The van der Waals surface area contributed by atoms with E-state index >= 15 is 0 Å². The smallest absolute Gasteiger partial charge is 0.335 e. The normalized spacial score (nSPS) is 10.3. The van der Waals surface area contributed by atoms with Crippen LogP contribution >= 0.6 is 11.6 Å². The molecule has 0 aliphatic heterocycles. The third-order valence-electron chi connectivity index (χ3n) is 2.67. The first-order valence-electron chi connectivity index (χ1n) is 5.53. The lowest BCUT2D eigenvalue weighted by molar-refractivity contribution is 0.0697. The Hall–Kier alpha value is -2.07. The Morgan fingerprint density at radius 1 is 1.21 bits per heavy atom. The number of carbonyl (C=O) groups is 1. The SMILES string of the molecule is Cc1cc(C(=O)O)ccc1Nc1ccc(Cl)cc1F. The molecule has 0 fully saturated rings. The summed E-state index contributed by atoms with van der Waals surface area (Å²) < 4.78 is 13.6. The molecule has 2 N–H and O–H groups in total. The maximum Gasteiger partial charge on any atom is 0.335 e. The van der Waals surface area contributed by atoms with Gasteiger partial charge in [-0.05, 0) is 48.9 Å². The van der Waals surface area contributed by atoms with Crippen molar-refractivity contribution in [3.05, 3.63) is 58.4 Å². The van der Waals surface area contributed by atoms with Gasteiger partial charge in [0.05, 0.1) is 11.3 Å². The van der Waals surface area contributed by atoms with E-state index in [1.54, 1.807) is 19.1 Å². The highest BCUT2D eigenvalue weighted by Gasteiger charge is 2.08. The summed E-state index contributed by atoms with van der Waals surface area (Å²) in [6.07, 6.45) is 0. The van der Waals surface area contributed by atoms with Crippen LogP contribution in [0.1, 0.15) is 15.9 Å². The number of halogens is 2. The molecule has 19 heavy (non-hydrogen) atoms. The van der Waals surface area contributed by atoms with Gasteiger partial charge >= 0.3 is 5.97 Å². The minimum atomic E-state index is -0.993. The van der Waals surface area contributed by atoms with E-state index in [9.17, 15) is 9.18 Å². The maximum atomic E-state index is 13.6. The van der Waals surface area contributed by atoms with Gasteiger partial charge in [0.15, 0.2) is 0 Å². The number of aryl methyl sites for hydroxylation is 1. The van der Waals surface area contributed by atoms with Crippen molar-refractivity contribution >= 4 is 28.9 Å². The molecular weight excluding hydrogens is 269 g/mol. The van der Waals surface area contributed by atoms with Crippen LogP contribution < -0.4 is 5.32 Å². The molecule has 0 aliphatic carbocycles. The van der Waals surface area contributed by atoms with E-state index in [1.807, 2.05) is 0 Å². The van der Waals surface area contributed by atoms with E-state index in [0.29, 0.717) is 16.3 Å². The first-order valence-corrected chi connectivity index (χ1v) is 5.91. The van der Waals surface area contributed by atoms with Crippen LogP contribution in [0.3, 0.4) is 0 Å². The van der Waals surface area contributed by atoms with Gasteiger partial charge in [0.2, 0.25) is 0 Å². The molecule has 2 aromatic carbocycles. The topological polar surface area (TPSA) is 49.3 Å². The second-order valence-electron chi connectivity index (χ2n) is 4.08. The number of carboxylic acids is 1. The highest BCUT2D eigenvalue weighted by molar-refractivity contribution is 6.30. The molecular formula is C14H11ClFNO2. The summed E-state index contributed by atoms with van der Waals surface area (Å²) in [5, 5.41) is 12.1. The third kappa shape index (κ3) is 3.03. The minimum absolute atomic E-state index is 0.194. The summed E-state index contributed by atoms with van der Waals surface area (Å²) in [5.41, 5.74) is 1.84. The van der Waals surface area contributed by atoms with Gasteiger partial charge < -0.3 is 10.4 Å². The Balaban J connectivity index is 2.31. The molecule has 3 nitrogen and oxygen atoms in total. The van der Waals surface area contributed by atoms with Crippen LogP contribution in [0.25, 0.3) is 0 Å². The molecule has 98 valence electrons. The monoisotopic (exact) mass is 279 g/mol. The van der Waals surface area contributed by atoms with Gasteiger partial charge in [-0.2, -0.15) is 0 Å². The lowest BCUT2D eigenvalue weighted by Crippen LogP contribution is -2.00. The molecule has 0 amide bonds. The van der Waals surface area contributed by atoms with Crippen molar-refractivity contribution in [3.8, 4) is 0 Å². The van der Waals surface area contributed by atoms with E-state index < -0.39 is 11.8 Å². The highest BCUT2D eigenvalue weighted by atomic mass is 35.5. The van der Waals surface area contributed by atoms with E-state index in [4.69, 9.17) is 16.7 Å². The lowest BCUT2D eigenvalue weighted by atomic mass is 10.1. The van der Waals surface area contributed by atoms with E-state index in [2.05, 4.69) is 5.32 Å². The summed E-state index contributed by atoms with van der Waals surface area (Å²) in [5.74, 6) is -1.46. The van der Waals surface area contributed by atoms with Crippen LogP contribution in [-0.4, -0.2) is 11.1 Å². The molecule has 0 unspecified atom stereocenters. The standard InChI is InChI=1S/C14H11ClFNO2/c1-8-6-9(14(18)19)2-4-12(8)17-13-5-3-10(15)7-11(13)16/h2-7,17H,1H3,(H,18,19). The number of nitrogens with one attached hydrogen (secondary N) is 1. The van der Waals surface area contributed by atoms with E-state index in [0.717, 1.165) is 0 Å². The van der Waals surface area contributed by atoms with Crippen molar-refractivity contribution in [2.24, 2.45) is 0 Å². The van der Waals surface area contributed by atoms with Gasteiger partial charge in [-0.1, -0.05) is 11.6 Å². The summed E-state index contributed by atoms with van der Waals surface area (Å²) in [4.78, 5) is 10.8. The number of rotatable bonds is 3. The molecule has 0 heterocycles. The summed E-state index contributed by atoms with van der Waals surface area (Å²) in [6.45, 7) is 1.75. The molecule has 0 radical (unpaired) electrons. The third-order valence-corrected chi connectivity index (χ3v) is 2.91. The zero-order chi connectivity index (χ0) is 14.0. The van der Waals surface area contributed by atoms with Gasteiger partial charge in [0.25, 0.3) is 0 Å². The predicted molar refractivity (Wildman–Crippen MR) is 72.8 cm³/mol. The zero-order valence-electron chi connectivity index (χ0n) is 10.1. The Kier molecular flexibility index (Phi) is 3.71. The van der Waals surface area contributed by atoms with Crippen molar-refractivity contribution in [2.45, 2.75) is 6.92 Å². The average Bonchev–Trinajstić information content (AvgIpc) is 2.34. The number of benzene rings is 2. The summed E-state index contributed by atoms with van der Waals surface area (Å²) in [7, 11) is 0. The molecule has 0 bridgehead atoms. The molecule has 0 atom stereocenters. The first-order chi connectivity index (χ1) is 8.97. The van der Waals surface area contributed by atoms with Crippen molar-refractivity contribution in [3.63, 3.8) is 0 Å². The number of aromatic carboxylic acids is 1. The quantitative estimate of drug-likeness (QED) is 0.884. The van der Waals surface area contributed by atoms with Gasteiger partial charge in [-0.3, -0.25) is 0 Å². The fraction of sp³-hybridized carbons (Fsp3) is 0.0714. The van der Waals surface area contributed by atoms with Crippen molar-refractivity contribution in [1.29, 1.82) is 0 Å². The number of carboxylic acid groups (broad SMARTS) is 1. The number of anilines is 2. The minimum Gasteiger partial charge on any atom is -0.478 e. The van der Waals surface area contributed by atoms with E-state index in [-0.39, 0.29) is 11.3 Å². The maximum absolute atomic E-state index is 13.6. The molecule has 5 heteroatoms. The van der Waals surface area contributed by atoms with Gasteiger partial charge in [-0.25, -0.2) is 9.18 Å². The Labute approximate surface area is 114 Å². The number of hydrogen-bond acceptors (Lipinski definition) is 2. The molecule has 0 saturated heterocycles. The second kappa shape index (κ2) is 5.28. The van der Waals surface area contributed by atoms with Crippen LogP contribution in [0.5, 0.6) is 0 Å². The van der Waals surface area contributed by atoms with Crippen molar-refractivity contribution in [2.75, 3.05) is 5.32 Å². The molecule has 0 aliphatic rings. The molecule has 0 aromatic heterocycles. The Morgan fingerprint density at radius 3 is 2.47 bits per heavy atom.